The van der Waals surface area contributed by atoms with Gasteiger partial charge in [0.05, 0.1) is 35.0 Å². The van der Waals surface area contributed by atoms with E-state index in [1.807, 2.05) is 39.0 Å². The van der Waals surface area contributed by atoms with Gasteiger partial charge in [-0.25, -0.2) is 9.37 Å². The van der Waals surface area contributed by atoms with Gasteiger partial charge in [0.15, 0.2) is 16.6 Å². The lowest BCUT2D eigenvalue weighted by atomic mass is 9.95. The summed E-state index contributed by atoms with van der Waals surface area (Å²) >= 11 is 1.28. The van der Waals surface area contributed by atoms with Crippen LogP contribution in [-0.4, -0.2) is 35.0 Å². The summed E-state index contributed by atoms with van der Waals surface area (Å²) in [5, 5.41) is 11.6. The van der Waals surface area contributed by atoms with Crippen molar-refractivity contribution < 1.29 is 28.6 Å². The van der Waals surface area contributed by atoms with Crippen LogP contribution in [0.5, 0.6) is 11.5 Å². The van der Waals surface area contributed by atoms with Crippen LogP contribution < -0.4 is 14.4 Å². The second kappa shape index (κ2) is 10.3. The van der Waals surface area contributed by atoms with E-state index in [0.29, 0.717) is 40.9 Å². The van der Waals surface area contributed by atoms with Crippen LogP contribution in [0.3, 0.4) is 0 Å². The lowest BCUT2D eigenvalue weighted by Crippen LogP contribution is -2.29. The Kier molecular flexibility index (Phi) is 6.86. The molecular formula is C29H25FN2O5S. The zero-order valence-corrected chi connectivity index (χ0v) is 21.8. The molecule has 1 aromatic heterocycles. The minimum atomic E-state index is -1.00. The number of fused-ring (bicyclic) bond motifs is 1. The van der Waals surface area contributed by atoms with Gasteiger partial charge in [0.25, 0.3) is 5.78 Å². The van der Waals surface area contributed by atoms with E-state index >= 15 is 0 Å². The minimum absolute atomic E-state index is 0.122. The quantitative estimate of drug-likeness (QED) is 0.174. The lowest BCUT2D eigenvalue weighted by molar-refractivity contribution is -0.132. The van der Waals surface area contributed by atoms with Crippen molar-refractivity contribution in [2.75, 3.05) is 18.1 Å². The molecule has 1 aliphatic rings. The van der Waals surface area contributed by atoms with Gasteiger partial charge in [-0.05, 0) is 80.4 Å². The Hall–Kier alpha value is -4.24. The van der Waals surface area contributed by atoms with Crippen molar-refractivity contribution in [3.63, 3.8) is 0 Å². The van der Waals surface area contributed by atoms with E-state index in [2.05, 4.69) is 4.98 Å². The van der Waals surface area contributed by atoms with E-state index in [9.17, 15) is 19.1 Å². The number of hydrogen-bond acceptors (Lipinski definition) is 7. The normalized spacial score (nSPS) is 16.8. The van der Waals surface area contributed by atoms with Gasteiger partial charge in [0.2, 0.25) is 0 Å². The molecule has 1 aliphatic heterocycles. The first-order valence-electron chi connectivity index (χ1n) is 12.2. The number of benzene rings is 3. The summed E-state index contributed by atoms with van der Waals surface area (Å²) < 4.78 is 25.9. The van der Waals surface area contributed by atoms with E-state index in [4.69, 9.17) is 9.47 Å². The summed E-state index contributed by atoms with van der Waals surface area (Å²) in [6.45, 7) is 6.45. The number of aliphatic hydroxyl groups is 1. The Balaban J connectivity index is 1.73. The van der Waals surface area contributed by atoms with E-state index in [1.54, 1.807) is 18.2 Å². The van der Waals surface area contributed by atoms with Crippen molar-refractivity contribution in [2.24, 2.45) is 0 Å². The maximum Gasteiger partial charge on any atom is 0.301 e. The zero-order valence-electron chi connectivity index (χ0n) is 21.0. The van der Waals surface area contributed by atoms with Gasteiger partial charge in [-0.15, -0.1) is 0 Å². The Labute approximate surface area is 222 Å². The summed E-state index contributed by atoms with van der Waals surface area (Å²) in [6.07, 6.45) is 0. The standard InChI is InChI=1S/C29H25FN2O5S/c1-4-36-21-13-9-18(15-22(21)37-5-2)25-24(26(33)17-7-10-19(30)11-8-17)27(34)28(35)32(25)29-31-20-12-6-16(3)14-23(20)38-29/h6-15,25,33H,4-5H2,1-3H3/b26-24+. The number of thiazole rings is 1. The van der Waals surface area contributed by atoms with Crippen LogP contribution in [0.4, 0.5) is 9.52 Å². The van der Waals surface area contributed by atoms with E-state index in [0.717, 1.165) is 10.3 Å². The molecular weight excluding hydrogens is 507 g/mol. The smallest absolute Gasteiger partial charge is 0.301 e. The Bertz CT molecular complexity index is 1580. The van der Waals surface area contributed by atoms with Gasteiger partial charge in [0.1, 0.15) is 11.6 Å². The number of halogens is 1. The highest BCUT2D eigenvalue weighted by Gasteiger charge is 2.48. The monoisotopic (exact) mass is 532 g/mol. The number of carbonyl (C=O) groups is 2. The van der Waals surface area contributed by atoms with E-state index < -0.39 is 29.3 Å². The average molecular weight is 533 g/mol. The van der Waals surface area contributed by atoms with Crippen LogP contribution in [0.25, 0.3) is 16.0 Å². The van der Waals surface area contributed by atoms with Crippen molar-refractivity contribution in [1.82, 2.24) is 4.98 Å². The first-order valence-corrected chi connectivity index (χ1v) is 13.0. The zero-order chi connectivity index (χ0) is 27.0. The molecule has 0 radical (unpaired) electrons. The number of ether oxygens (including phenoxy) is 2. The number of Topliss-reactive ketones (excluding diaryl/α,β-unsaturated/α-hetero) is 1. The molecule has 1 saturated heterocycles. The summed E-state index contributed by atoms with van der Waals surface area (Å²) in [4.78, 5) is 32.9. The van der Waals surface area contributed by atoms with Gasteiger partial charge < -0.3 is 14.6 Å². The Morgan fingerprint density at radius 3 is 2.42 bits per heavy atom. The molecule has 9 heteroatoms. The Morgan fingerprint density at radius 2 is 1.71 bits per heavy atom. The number of anilines is 1. The fraction of sp³-hybridized carbons (Fsp3) is 0.207. The molecule has 3 aromatic carbocycles. The fourth-order valence-corrected chi connectivity index (χ4v) is 5.56. The minimum Gasteiger partial charge on any atom is -0.507 e. The number of ketones is 1. The van der Waals surface area contributed by atoms with Crippen molar-refractivity contribution in [2.45, 2.75) is 26.8 Å². The summed E-state index contributed by atoms with van der Waals surface area (Å²) in [5.41, 5.74) is 2.34. The third-order valence-corrected chi connectivity index (χ3v) is 7.20. The van der Waals surface area contributed by atoms with Crippen LogP contribution in [0.15, 0.2) is 66.2 Å². The van der Waals surface area contributed by atoms with E-state index in [-0.39, 0.29) is 11.1 Å². The largest absolute Gasteiger partial charge is 0.507 e. The first kappa shape index (κ1) is 25.4. The third kappa shape index (κ3) is 4.50. The summed E-state index contributed by atoms with van der Waals surface area (Å²) in [7, 11) is 0. The number of amides is 1. The number of aliphatic hydroxyl groups excluding tert-OH is 1. The van der Waals surface area contributed by atoms with Crippen molar-refractivity contribution in [3.05, 3.63) is 88.7 Å². The molecule has 5 rings (SSSR count). The second-order valence-corrected chi connectivity index (χ2v) is 9.72. The average Bonchev–Trinajstić information content (AvgIpc) is 3.43. The number of nitrogens with zero attached hydrogens (tertiary/aromatic N) is 2. The molecule has 0 bridgehead atoms. The van der Waals surface area contributed by atoms with Crippen molar-refractivity contribution >= 4 is 44.1 Å². The molecule has 0 spiro atoms. The van der Waals surface area contributed by atoms with Gasteiger partial charge in [-0.3, -0.25) is 14.5 Å². The highest BCUT2D eigenvalue weighted by Crippen LogP contribution is 2.46. The van der Waals surface area contributed by atoms with Crippen LogP contribution in [0, 0.1) is 12.7 Å². The molecule has 1 fully saturated rings. The highest BCUT2D eigenvalue weighted by atomic mass is 32.1. The molecule has 0 aliphatic carbocycles. The van der Waals surface area contributed by atoms with Gasteiger partial charge in [-0.1, -0.05) is 23.5 Å². The van der Waals surface area contributed by atoms with Crippen LogP contribution in [0.1, 0.15) is 36.6 Å². The number of rotatable bonds is 7. The molecule has 4 aromatic rings. The molecule has 7 nitrogen and oxygen atoms in total. The number of hydrogen-bond donors (Lipinski definition) is 1. The molecule has 1 unspecified atom stereocenters. The predicted octanol–water partition coefficient (Wildman–Crippen LogP) is 6.17. The lowest BCUT2D eigenvalue weighted by Gasteiger charge is -2.24. The summed E-state index contributed by atoms with van der Waals surface area (Å²) in [6, 6.07) is 15.0. The van der Waals surface area contributed by atoms with E-state index in [1.165, 1.54) is 40.5 Å². The highest BCUT2D eigenvalue weighted by molar-refractivity contribution is 7.22. The molecule has 1 amide bonds. The number of aromatic nitrogens is 1. The summed E-state index contributed by atoms with van der Waals surface area (Å²) in [5.74, 6) is -1.61. The molecule has 2 heterocycles. The maximum absolute atomic E-state index is 13.6. The van der Waals surface area contributed by atoms with Crippen LogP contribution in [0.2, 0.25) is 0 Å². The molecule has 1 atom stereocenters. The Morgan fingerprint density at radius 1 is 1.00 bits per heavy atom. The molecule has 38 heavy (non-hydrogen) atoms. The van der Waals surface area contributed by atoms with Crippen molar-refractivity contribution in [3.8, 4) is 11.5 Å². The molecule has 194 valence electrons. The van der Waals surface area contributed by atoms with Crippen molar-refractivity contribution in [1.29, 1.82) is 0 Å². The van der Waals surface area contributed by atoms with Gasteiger partial charge in [-0.2, -0.15) is 0 Å². The second-order valence-electron chi connectivity index (χ2n) is 8.72. The molecule has 0 saturated carbocycles. The van der Waals surface area contributed by atoms with Gasteiger partial charge >= 0.3 is 5.91 Å². The van der Waals surface area contributed by atoms with Crippen LogP contribution >= 0.6 is 11.3 Å². The third-order valence-electron chi connectivity index (χ3n) is 6.18. The predicted molar refractivity (Wildman–Crippen MR) is 144 cm³/mol. The molecule has 1 N–H and O–H groups in total. The SMILES string of the molecule is CCOc1ccc(C2/C(=C(\O)c3ccc(F)cc3)C(=O)C(=O)N2c2nc3ccc(C)cc3s2)cc1OCC. The van der Waals surface area contributed by atoms with Crippen LogP contribution in [-0.2, 0) is 9.59 Å². The topological polar surface area (TPSA) is 89.0 Å². The number of aryl methyl sites for hydroxylation is 1. The van der Waals surface area contributed by atoms with Gasteiger partial charge in [0, 0.05) is 5.56 Å². The first-order chi connectivity index (χ1) is 18.3. The number of carbonyl (C=O) groups excluding carboxylic acids is 2. The fourth-order valence-electron chi connectivity index (χ4n) is 4.47. The maximum atomic E-state index is 13.6.